The van der Waals surface area contributed by atoms with Gasteiger partial charge in [-0.2, -0.15) is 0 Å². The number of carbonyl (C=O) groups excluding carboxylic acids is 2. The van der Waals surface area contributed by atoms with Gasteiger partial charge in [0.05, 0.1) is 18.8 Å². The van der Waals surface area contributed by atoms with Gasteiger partial charge in [-0.25, -0.2) is 0 Å². The summed E-state index contributed by atoms with van der Waals surface area (Å²) in [4.78, 5) is 26.8. The van der Waals surface area contributed by atoms with Crippen molar-refractivity contribution in [1.82, 2.24) is 4.90 Å². The molecule has 1 atom stereocenters. The Balaban J connectivity index is 1.75. The Morgan fingerprint density at radius 2 is 2.40 bits per heavy atom. The molecule has 0 N–H and O–H groups in total. The molecule has 0 bridgehead atoms. The van der Waals surface area contributed by atoms with E-state index in [0.717, 1.165) is 25.1 Å². The van der Waals surface area contributed by atoms with Gasteiger partial charge in [0.1, 0.15) is 0 Å². The van der Waals surface area contributed by atoms with Crippen molar-refractivity contribution in [3.63, 3.8) is 0 Å². The monoisotopic (exact) mass is 313 g/mol. The summed E-state index contributed by atoms with van der Waals surface area (Å²) in [7, 11) is 1.40. The fourth-order valence-electron chi connectivity index (χ4n) is 2.29. The molecule has 2 rings (SSSR count). The van der Waals surface area contributed by atoms with Crippen LogP contribution in [-0.4, -0.2) is 42.7 Å². The van der Waals surface area contributed by atoms with E-state index in [1.165, 1.54) is 12.0 Å². The standard InChI is InChI=1S/C14H19NO3S2/c1-18-14(17)11-4-2-6-15(8-11)13(16)10-19-9-12-5-3-7-20-12/h3,5,7,11H,2,4,6,8-10H2,1H3. The number of ether oxygens (including phenoxy) is 1. The van der Waals surface area contributed by atoms with Crippen LogP contribution in [-0.2, 0) is 20.1 Å². The van der Waals surface area contributed by atoms with Crippen LogP contribution in [0, 0.1) is 5.92 Å². The minimum atomic E-state index is -0.200. The SMILES string of the molecule is COC(=O)C1CCCN(C(=O)CSCc2cccs2)C1. The van der Waals surface area contributed by atoms with Crippen LogP contribution in [0.25, 0.3) is 0 Å². The Kier molecular flexibility index (Phi) is 5.91. The Labute approximate surface area is 127 Å². The summed E-state index contributed by atoms with van der Waals surface area (Å²) in [6, 6.07) is 4.10. The van der Waals surface area contributed by atoms with Gasteiger partial charge in [-0.15, -0.1) is 23.1 Å². The quantitative estimate of drug-likeness (QED) is 0.783. The number of thiophene rings is 1. The second kappa shape index (κ2) is 7.69. The number of methoxy groups -OCH3 is 1. The summed E-state index contributed by atoms with van der Waals surface area (Å²) < 4.78 is 4.77. The van der Waals surface area contributed by atoms with E-state index in [1.54, 1.807) is 28.0 Å². The van der Waals surface area contributed by atoms with Crippen LogP contribution < -0.4 is 0 Å². The number of nitrogens with zero attached hydrogens (tertiary/aromatic N) is 1. The summed E-state index contributed by atoms with van der Waals surface area (Å²) >= 11 is 3.34. The molecule has 0 aromatic carbocycles. The lowest BCUT2D eigenvalue weighted by atomic mass is 9.98. The van der Waals surface area contributed by atoms with Crippen molar-refractivity contribution in [3.8, 4) is 0 Å². The van der Waals surface area contributed by atoms with Gasteiger partial charge in [-0.3, -0.25) is 9.59 Å². The van der Waals surface area contributed by atoms with Crippen LogP contribution in [0.5, 0.6) is 0 Å². The lowest BCUT2D eigenvalue weighted by Gasteiger charge is -2.31. The lowest BCUT2D eigenvalue weighted by Crippen LogP contribution is -2.43. The lowest BCUT2D eigenvalue weighted by molar-refractivity contribution is -0.148. The molecule has 6 heteroatoms. The number of rotatable bonds is 5. The van der Waals surface area contributed by atoms with Gasteiger partial charge < -0.3 is 9.64 Å². The number of esters is 1. The number of hydrogen-bond donors (Lipinski definition) is 0. The molecule has 20 heavy (non-hydrogen) atoms. The summed E-state index contributed by atoms with van der Waals surface area (Å²) in [5, 5.41) is 2.04. The van der Waals surface area contributed by atoms with Crippen LogP contribution in [0.3, 0.4) is 0 Å². The molecule has 1 aromatic heterocycles. The van der Waals surface area contributed by atoms with Crippen molar-refractivity contribution >= 4 is 35.0 Å². The van der Waals surface area contributed by atoms with E-state index in [0.29, 0.717) is 12.3 Å². The molecular weight excluding hydrogens is 294 g/mol. The van der Waals surface area contributed by atoms with Crippen molar-refractivity contribution in [3.05, 3.63) is 22.4 Å². The number of thioether (sulfide) groups is 1. The molecule has 4 nitrogen and oxygen atoms in total. The van der Waals surface area contributed by atoms with Gasteiger partial charge in [-0.05, 0) is 24.3 Å². The molecule has 1 saturated heterocycles. The van der Waals surface area contributed by atoms with Gasteiger partial charge in [0.15, 0.2) is 0 Å². The predicted octanol–water partition coefficient (Wildman–Crippen LogP) is 2.39. The number of carbonyl (C=O) groups is 2. The summed E-state index contributed by atoms with van der Waals surface area (Å²) in [6.45, 7) is 1.26. The molecule has 110 valence electrons. The third kappa shape index (κ3) is 4.24. The van der Waals surface area contributed by atoms with Gasteiger partial charge >= 0.3 is 5.97 Å². The second-order valence-electron chi connectivity index (χ2n) is 4.77. The average molecular weight is 313 g/mol. The Hall–Kier alpha value is -1.01. The molecular formula is C14H19NO3S2. The molecule has 0 saturated carbocycles. The highest BCUT2D eigenvalue weighted by atomic mass is 32.2. The zero-order valence-electron chi connectivity index (χ0n) is 11.5. The maximum absolute atomic E-state index is 12.1. The first-order valence-electron chi connectivity index (χ1n) is 6.66. The Bertz CT molecular complexity index is 447. The smallest absolute Gasteiger partial charge is 0.310 e. The minimum Gasteiger partial charge on any atom is -0.469 e. The number of likely N-dealkylation sites (tertiary alicyclic amines) is 1. The molecule has 1 aliphatic rings. The summed E-state index contributed by atoms with van der Waals surface area (Å²) in [5.41, 5.74) is 0. The van der Waals surface area contributed by atoms with Crippen LogP contribution in [0.15, 0.2) is 17.5 Å². The molecule has 1 fully saturated rings. The fraction of sp³-hybridized carbons (Fsp3) is 0.571. The minimum absolute atomic E-state index is 0.125. The largest absolute Gasteiger partial charge is 0.469 e. The van der Waals surface area contributed by atoms with Crippen LogP contribution >= 0.6 is 23.1 Å². The molecule has 1 aromatic rings. The van der Waals surface area contributed by atoms with E-state index in [2.05, 4.69) is 6.07 Å². The fourth-order valence-corrected chi connectivity index (χ4v) is 4.06. The van der Waals surface area contributed by atoms with Crippen molar-refractivity contribution < 1.29 is 14.3 Å². The van der Waals surface area contributed by atoms with E-state index in [4.69, 9.17) is 4.74 Å². The highest BCUT2D eigenvalue weighted by Crippen LogP contribution is 2.21. The maximum atomic E-state index is 12.1. The topological polar surface area (TPSA) is 46.6 Å². The highest BCUT2D eigenvalue weighted by Gasteiger charge is 2.28. The second-order valence-corrected chi connectivity index (χ2v) is 6.79. The van der Waals surface area contributed by atoms with Gasteiger partial charge in [-0.1, -0.05) is 6.07 Å². The van der Waals surface area contributed by atoms with Gasteiger partial charge in [0, 0.05) is 23.7 Å². The number of hydrogen-bond acceptors (Lipinski definition) is 5. The van der Waals surface area contributed by atoms with E-state index < -0.39 is 0 Å². The highest BCUT2D eigenvalue weighted by molar-refractivity contribution is 7.99. The molecule has 0 radical (unpaired) electrons. The molecule has 0 aliphatic carbocycles. The van der Waals surface area contributed by atoms with Crippen molar-refractivity contribution in [1.29, 1.82) is 0 Å². The molecule has 1 unspecified atom stereocenters. The van der Waals surface area contributed by atoms with E-state index in [-0.39, 0.29) is 17.8 Å². The number of amides is 1. The molecule has 1 amide bonds. The number of piperidine rings is 1. The van der Waals surface area contributed by atoms with Gasteiger partial charge in [0.2, 0.25) is 5.91 Å². The zero-order chi connectivity index (χ0) is 14.4. The first-order chi connectivity index (χ1) is 9.70. The van der Waals surface area contributed by atoms with Crippen molar-refractivity contribution in [2.24, 2.45) is 5.92 Å². The van der Waals surface area contributed by atoms with E-state index >= 15 is 0 Å². The summed E-state index contributed by atoms with van der Waals surface area (Å²) in [6.07, 6.45) is 1.69. The van der Waals surface area contributed by atoms with Crippen LogP contribution in [0.4, 0.5) is 0 Å². The van der Waals surface area contributed by atoms with Crippen molar-refractivity contribution in [2.75, 3.05) is 26.0 Å². The normalized spacial score (nSPS) is 18.9. The van der Waals surface area contributed by atoms with Crippen LogP contribution in [0.1, 0.15) is 17.7 Å². The Morgan fingerprint density at radius 3 is 3.10 bits per heavy atom. The first-order valence-corrected chi connectivity index (χ1v) is 8.70. The summed E-state index contributed by atoms with van der Waals surface area (Å²) in [5.74, 6) is 1.12. The van der Waals surface area contributed by atoms with Gasteiger partial charge in [0.25, 0.3) is 0 Å². The molecule has 1 aliphatic heterocycles. The third-order valence-corrected chi connectivity index (χ3v) is 5.38. The Morgan fingerprint density at radius 1 is 1.55 bits per heavy atom. The maximum Gasteiger partial charge on any atom is 0.310 e. The molecule has 0 spiro atoms. The first kappa shape index (κ1) is 15.4. The van der Waals surface area contributed by atoms with E-state index in [9.17, 15) is 9.59 Å². The predicted molar refractivity (Wildman–Crippen MR) is 81.8 cm³/mol. The van der Waals surface area contributed by atoms with E-state index in [1.807, 2.05) is 11.4 Å². The molecule has 2 heterocycles. The zero-order valence-corrected chi connectivity index (χ0v) is 13.2. The third-order valence-electron chi connectivity index (χ3n) is 3.36. The average Bonchev–Trinajstić information content (AvgIpc) is 2.99. The van der Waals surface area contributed by atoms with Crippen LogP contribution in [0.2, 0.25) is 0 Å². The van der Waals surface area contributed by atoms with Crippen molar-refractivity contribution in [2.45, 2.75) is 18.6 Å².